The number of hydrogen-bond donors (Lipinski definition) is 0. The van der Waals surface area contributed by atoms with Gasteiger partial charge in [-0.2, -0.15) is 4.31 Å². The number of sulfonamides is 1. The predicted molar refractivity (Wildman–Crippen MR) is 105 cm³/mol. The Kier molecular flexibility index (Phi) is 3.65. The molecular formula is C22H23NO5S. The maximum absolute atomic E-state index is 13.5. The van der Waals surface area contributed by atoms with E-state index in [-0.39, 0.29) is 18.3 Å². The van der Waals surface area contributed by atoms with Gasteiger partial charge in [-0.25, -0.2) is 8.42 Å². The molecule has 0 spiro atoms. The number of nitrogens with zero attached hydrogens (tertiary/aromatic N) is 1. The molecule has 152 valence electrons. The van der Waals surface area contributed by atoms with E-state index in [1.165, 1.54) is 0 Å². The van der Waals surface area contributed by atoms with Crippen LogP contribution in [0.25, 0.3) is 0 Å². The zero-order valence-corrected chi connectivity index (χ0v) is 17.0. The Labute approximate surface area is 170 Å². The lowest BCUT2D eigenvalue weighted by Gasteiger charge is -2.42. The van der Waals surface area contributed by atoms with Crippen molar-refractivity contribution in [3.63, 3.8) is 0 Å². The first-order valence-electron chi connectivity index (χ1n) is 10.1. The van der Waals surface area contributed by atoms with Gasteiger partial charge < -0.3 is 14.2 Å². The Morgan fingerprint density at radius 2 is 1.86 bits per heavy atom. The average Bonchev–Trinajstić information content (AvgIpc) is 3.48. The molecule has 6 nitrogen and oxygen atoms in total. The Hall–Kier alpha value is -2.09. The molecule has 0 N–H and O–H groups in total. The molecule has 0 amide bonds. The fourth-order valence-corrected chi connectivity index (χ4v) is 7.37. The van der Waals surface area contributed by atoms with E-state index in [1.807, 2.05) is 31.2 Å². The first-order valence-corrected chi connectivity index (χ1v) is 11.6. The third-order valence-electron chi connectivity index (χ3n) is 7.12. The van der Waals surface area contributed by atoms with Gasteiger partial charge in [0.1, 0.15) is 6.23 Å². The van der Waals surface area contributed by atoms with Crippen LogP contribution in [-0.4, -0.2) is 38.4 Å². The summed E-state index contributed by atoms with van der Waals surface area (Å²) in [6.07, 6.45) is 2.51. The third-order valence-corrected chi connectivity index (χ3v) is 8.95. The zero-order chi connectivity index (χ0) is 19.8. The molecule has 3 aliphatic heterocycles. The van der Waals surface area contributed by atoms with Gasteiger partial charge in [-0.1, -0.05) is 30.2 Å². The number of aryl methyl sites for hydroxylation is 1. The molecule has 2 saturated heterocycles. The molecule has 4 aliphatic rings. The van der Waals surface area contributed by atoms with E-state index >= 15 is 0 Å². The lowest BCUT2D eigenvalue weighted by molar-refractivity contribution is 0.0403. The number of benzene rings is 2. The van der Waals surface area contributed by atoms with Gasteiger partial charge in [0.25, 0.3) is 0 Å². The molecular weight excluding hydrogens is 390 g/mol. The quantitative estimate of drug-likeness (QED) is 0.773. The summed E-state index contributed by atoms with van der Waals surface area (Å²) >= 11 is 0. The van der Waals surface area contributed by atoms with Gasteiger partial charge >= 0.3 is 0 Å². The van der Waals surface area contributed by atoms with Gasteiger partial charge in [-0.15, -0.1) is 0 Å². The highest BCUT2D eigenvalue weighted by Gasteiger charge is 2.67. The largest absolute Gasteiger partial charge is 0.454 e. The fraction of sp³-hybridized carbons (Fsp3) is 0.455. The monoisotopic (exact) mass is 413 g/mol. The number of hydrogen-bond acceptors (Lipinski definition) is 5. The standard InChI is InChI=1S/C22H23NO5S/c1-14-4-7-16(8-5-14)29(24,25)23-12-20-17-3-2-10-22(17,21(23)28-20)15-6-9-18-19(11-15)27-13-26-18/h4-9,11,17,20-21H,2-3,10,12-13H2,1H3/t17-,20+,21+,22+/m0/s1. The Morgan fingerprint density at radius 3 is 2.69 bits per heavy atom. The van der Waals surface area contributed by atoms with Crippen molar-refractivity contribution in [1.29, 1.82) is 0 Å². The molecule has 2 aromatic carbocycles. The zero-order valence-electron chi connectivity index (χ0n) is 16.2. The van der Waals surface area contributed by atoms with Crippen LogP contribution >= 0.6 is 0 Å². The van der Waals surface area contributed by atoms with Crippen LogP contribution in [0.4, 0.5) is 0 Å². The molecule has 7 heteroatoms. The van der Waals surface area contributed by atoms with E-state index in [2.05, 4.69) is 6.07 Å². The predicted octanol–water partition coefficient (Wildman–Crippen LogP) is 3.19. The highest BCUT2D eigenvalue weighted by Crippen LogP contribution is 2.61. The van der Waals surface area contributed by atoms with Gasteiger partial charge in [0, 0.05) is 12.0 Å². The minimum absolute atomic E-state index is 0.0619. The fourth-order valence-electron chi connectivity index (χ4n) is 5.79. The highest BCUT2D eigenvalue weighted by atomic mass is 32.2. The molecule has 1 aliphatic carbocycles. The number of rotatable bonds is 3. The van der Waals surface area contributed by atoms with Crippen LogP contribution in [0.3, 0.4) is 0 Å². The van der Waals surface area contributed by atoms with Crippen molar-refractivity contribution in [2.24, 2.45) is 5.92 Å². The van der Waals surface area contributed by atoms with Gasteiger partial charge in [0.15, 0.2) is 11.5 Å². The third kappa shape index (κ3) is 2.32. The molecule has 2 bridgehead atoms. The summed E-state index contributed by atoms with van der Waals surface area (Å²) in [4.78, 5) is 0.328. The number of piperidine rings is 1. The van der Waals surface area contributed by atoms with E-state index in [0.29, 0.717) is 17.4 Å². The van der Waals surface area contributed by atoms with E-state index < -0.39 is 16.3 Å². The SMILES string of the molecule is Cc1ccc(S(=O)(=O)N2C[C@H]3O[C@@H]2[C@@]2(c4ccc5c(c4)OCO5)CCC[C@@H]32)cc1. The van der Waals surface area contributed by atoms with Crippen molar-refractivity contribution in [3.05, 3.63) is 53.6 Å². The molecule has 6 rings (SSSR count). The minimum Gasteiger partial charge on any atom is -0.454 e. The normalized spacial score (nSPS) is 32.7. The molecule has 4 atom stereocenters. The van der Waals surface area contributed by atoms with Crippen molar-refractivity contribution < 1.29 is 22.6 Å². The Bertz CT molecular complexity index is 1080. The van der Waals surface area contributed by atoms with Crippen LogP contribution in [0.1, 0.15) is 30.4 Å². The maximum Gasteiger partial charge on any atom is 0.245 e. The van der Waals surface area contributed by atoms with Crippen LogP contribution in [0.5, 0.6) is 11.5 Å². The first kappa shape index (κ1) is 17.7. The molecule has 0 unspecified atom stereocenters. The average molecular weight is 413 g/mol. The summed E-state index contributed by atoms with van der Waals surface area (Å²) in [5.74, 6) is 1.81. The summed E-state index contributed by atoms with van der Waals surface area (Å²) in [5.41, 5.74) is 1.80. The van der Waals surface area contributed by atoms with Gasteiger partial charge in [-0.05, 0) is 55.5 Å². The minimum atomic E-state index is -3.63. The lowest BCUT2D eigenvalue weighted by atomic mass is 9.69. The number of ether oxygens (including phenoxy) is 3. The van der Waals surface area contributed by atoms with E-state index in [9.17, 15) is 8.42 Å². The van der Waals surface area contributed by atoms with Crippen molar-refractivity contribution >= 4 is 10.0 Å². The summed E-state index contributed by atoms with van der Waals surface area (Å²) in [6, 6.07) is 13.1. The molecule has 29 heavy (non-hydrogen) atoms. The summed E-state index contributed by atoms with van der Waals surface area (Å²) in [7, 11) is -3.63. The van der Waals surface area contributed by atoms with E-state index in [0.717, 1.165) is 41.9 Å². The maximum atomic E-state index is 13.5. The molecule has 1 saturated carbocycles. The summed E-state index contributed by atoms with van der Waals surface area (Å²) in [6.45, 7) is 2.61. The summed E-state index contributed by atoms with van der Waals surface area (Å²) in [5, 5.41) is 0. The Morgan fingerprint density at radius 1 is 1.07 bits per heavy atom. The second kappa shape index (κ2) is 5.97. The molecule has 0 aromatic heterocycles. The van der Waals surface area contributed by atoms with Crippen molar-refractivity contribution in [2.45, 2.75) is 48.8 Å². The van der Waals surface area contributed by atoms with Crippen LogP contribution in [0, 0.1) is 12.8 Å². The van der Waals surface area contributed by atoms with Crippen LogP contribution in [0.15, 0.2) is 47.4 Å². The van der Waals surface area contributed by atoms with Crippen molar-refractivity contribution in [3.8, 4) is 11.5 Å². The molecule has 3 heterocycles. The van der Waals surface area contributed by atoms with Gasteiger partial charge in [-0.3, -0.25) is 0 Å². The van der Waals surface area contributed by atoms with Gasteiger partial charge in [0.05, 0.1) is 11.0 Å². The van der Waals surface area contributed by atoms with Crippen LogP contribution in [-0.2, 0) is 20.2 Å². The van der Waals surface area contributed by atoms with Crippen LogP contribution in [0.2, 0.25) is 0 Å². The van der Waals surface area contributed by atoms with Gasteiger partial charge in [0.2, 0.25) is 16.8 Å². The molecule has 3 fully saturated rings. The topological polar surface area (TPSA) is 65.1 Å². The second-order valence-electron chi connectivity index (χ2n) is 8.52. The van der Waals surface area contributed by atoms with E-state index in [1.54, 1.807) is 16.4 Å². The Balaban J connectivity index is 1.44. The second-order valence-corrected chi connectivity index (χ2v) is 10.4. The van der Waals surface area contributed by atoms with Crippen molar-refractivity contribution in [1.82, 2.24) is 4.31 Å². The van der Waals surface area contributed by atoms with E-state index in [4.69, 9.17) is 14.2 Å². The lowest BCUT2D eigenvalue weighted by Crippen LogP contribution is -2.54. The first-order chi connectivity index (χ1) is 14.0. The van der Waals surface area contributed by atoms with Crippen molar-refractivity contribution in [2.75, 3.05) is 13.3 Å². The smallest absolute Gasteiger partial charge is 0.245 e. The molecule has 0 radical (unpaired) electrons. The highest BCUT2D eigenvalue weighted by molar-refractivity contribution is 7.89. The molecule has 2 aromatic rings. The number of fused-ring (bicyclic) bond motifs is 6. The van der Waals surface area contributed by atoms with Crippen LogP contribution < -0.4 is 9.47 Å². The summed E-state index contributed by atoms with van der Waals surface area (Å²) < 4.78 is 46.0.